The number of carbonyl (C=O) groups excluding carboxylic acids is 1. The van der Waals surface area contributed by atoms with Crippen LogP contribution in [0, 0.1) is 6.92 Å². The number of hydrogen-bond donors (Lipinski definition) is 1. The topological polar surface area (TPSA) is 55.1 Å². The van der Waals surface area contributed by atoms with E-state index in [1.165, 1.54) is 22.5 Å². The fraction of sp³-hybridized carbons (Fsp3) is 0.125. The fourth-order valence-electron chi connectivity index (χ4n) is 2.01. The van der Waals surface area contributed by atoms with Crippen molar-refractivity contribution in [3.63, 3.8) is 0 Å². The molecule has 1 N–H and O–H groups in total. The lowest BCUT2D eigenvalue weighted by atomic mass is 10.2. The highest BCUT2D eigenvalue weighted by Crippen LogP contribution is 2.27. The van der Waals surface area contributed by atoms with E-state index in [0.29, 0.717) is 16.5 Å². The number of furan rings is 1. The molecule has 0 spiro atoms. The molecule has 2 aromatic heterocycles. The van der Waals surface area contributed by atoms with E-state index in [1.54, 1.807) is 24.8 Å². The molecule has 6 heteroatoms. The van der Waals surface area contributed by atoms with Crippen molar-refractivity contribution in [3.05, 3.63) is 53.3 Å². The van der Waals surface area contributed by atoms with Gasteiger partial charge in [-0.1, -0.05) is 12.1 Å². The van der Waals surface area contributed by atoms with E-state index in [-0.39, 0.29) is 5.91 Å². The van der Waals surface area contributed by atoms with Crippen LogP contribution in [0.3, 0.4) is 0 Å². The summed E-state index contributed by atoms with van der Waals surface area (Å²) in [7, 11) is 0. The van der Waals surface area contributed by atoms with Crippen molar-refractivity contribution in [1.82, 2.24) is 4.98 Å². The average molecular weight is 330 g/mol. The number of amides is 1. The van der Waals surface area contributed by atoms with Gasteiger partial charge in [0.2, 0.25) is 0 Å². The van der Waals surface area contributed by atoms with Crippen LogP contribution in [-0.4, -0.2) is 17.1 Å². The molecule has 1 aromatic carbocycles. The summed E-state index contributed by atoms with van der Waals surface area (Å²) < 4.78 is 5.14. The van der Waals surface area contributed by atoms with Gasteiger partial charge in [-0.2, -0.15) is 0 Å². The number of aryl methyl sites for hydroxylation is 1. The van der Waals surface area contributed by atoms with Crippen LogP contribution >= 0.6 is 23.1 Å². The molecule has 0 aliphatic carbocycles. The molecule has 22 heavy (non-hydrogen) atoms. The first-order chi connectivity index (χ1) is 10.7. The summed E-state index contributed by atoms with van der Waals surface area (Å²) in [5.41, 5.74) is 2.42. The highest BCUT2D eigenvalue weighted by molar-refractivity contribution is 7.98. The molecular formula is C16H14N2O2S2. The van der Waals surface area contributed by atoms with Crippen molar-refractivity contribution in [1.29, 1.82) is 0 Å². The zero-order valence-corrected chi connectivity index (χ0v) is 13.8. The first-order valence-corrected chi connectivity index (χ1v) is 8.73. The smallest absolute Gasteiger partial charge is 0.260 e. The predicted octanol–water partition coefficient (Wildman–Crippen LogP) is 4.69. The Labute approximate surface area is 136 Å². The maximum Gasteiger partial charge on any atom is 0.260 e. The Hall–Kier alpha value is -2.05. The molecule has 112 valence electrons. The second-order valence-electron chi connectivity index (χ2n) is 4.61. The first-order valence-electron chi connectivity index (χ1n) is 6.63. The lowest BCUT2D eigenvalue weighted by Crippen LogP contribution is -2.11. The molecule has 4 nitrogen and oxygen atoms in total. The van der Waals surface area contributed by atoms with Gasteiger partial charge in [-0.3, -0.25) is 10.1 Å². The highest BCUT2D eigenvalue weighted by atomic mass is 32.2. The summed E-state index contributed by atoms with van der Waals surface area (Å²) in [6.45, 7) is 1.76. The van der Waals surface area contributed by atoms with Crippen molar-refractivity contribution in [2.45, 2.75) is 11.8 Å². The minimum absolute atomic E-state index is 0.204. The van der Waals surface area contributed by atoms with Crippen LogP contribution in [0.25, 0.3) is 11.3 Å². The maximum atomic E-state index is 12.1. The van der Waals surface area contributed by atoms with E-state index < -0.39 is 0 Å². The number of benzene rings is 1. The highest BCUT2D eigenvalue weighted by Gasteiger charge is 2.13. The number of nitrogens with one attached hydrogen (secondary N) is 1. The Morgan fingerprint density at radius 1 is 1.27 bits per heavy atom. The molecule has 0 saturated carbocycles. The molecular weight excluding hydrogens is 316 g/mol. The van der Waals surface area contributed by atoms with Crippen LogP contribution in [0.5, 0.6) is 0 Å². The average Bonchev–Trinajstić information content (AvgIpc) is 3.16. The van der Waals surface area contributed by atoms with E-state index in [0.717, 1.165) is 11.3 Å². The minimum Gasteiger partial charge on any atom is -0.469 e. The summed E-state index contributed by atoms with van der Waals surface area (Å²) in [6.07, 6.45) is 3.55. The second-order valence-corrected chi connectivity index (χ2v) is 6.35. The van der Waals surface area contributed by atoms with E-state index >= 15 is 0 Å². The largest absolute Gasteiger partial charge is 0.469 e. The molecule has 1 amide bonds. The van der Waals surface area contributed by atoms with E-state index in [1.807, 2.05) is 23.8 Å². The van der Waals surface area contributed by atoms with Gasteiger partial charge in [-0.25, -0.2) is 4.98 Å². The van der Waals surface area contributed by atoms with Crippen molar-refractivity contribution >= 4 is 34.1 Å². The lowest BCUT2D eigenvalue weighted by Gasteiger charge is -2.00. The van der Waals surface area contributed by atoms with Crippen molar-refractivity contribution in [2.24, 2.45) is 0 Å². The fourth-order valence-corrected chi connectivity index (χ4v) is 3.13. The molecule has 0 fully saturated rings. The Morgan fingerprint density at radius 3 is 2.68 bits per heavy atom. The van der Waals surface area contributed by atoms with Gasteiger partial charge in [0.25, 0.3) is 5.91 Å². The monoisotopic (exact) mass is 330 g/mol. The predicted molar refractivity (Wildman–Crippen MR) is 90.7 cm³/mol. The third-order valence-corrected chi connectivity index (χ3v) is 4.72. The Bertz CT molecular complexity index is 791. The van der Waals surface area contributed by atoms with E-state index in [4.69, 9.17) is 4.42 Å². The van der Waals surface area contributed by atoms with Crippen LogP contribution in [-0.2, 0) is 0 Å². The van der Waals surface area contributed by atoms with E-state index in [2.05, 4.69) is 22.4 Å². The molecule has 0 aliphatic rings. The summed E-state index contributed by atoms with van der Waals surface area (Å²) in [6, 6.07) is 9.85. The van der Waals surface area contributed by atoms with Crippen molar-refractivity contribution < 1.29 is 9.21 Å². The molecule has 0 saturated heterocycles. The molecule has 3 rings (SSSR count). The summed E-state index contributed by atoms with van der Waals surface area (Å²) in [5.74, 6) is 0.395. The van der Waals surface area contributed by atoms with Gasteiger partial charge in [-0.05, 0) is 31.4 Å². The van der Waals surface area contributed by atoms with Gasteiger partial charge in [0.1, 0.15) is 5.76 Å². The molecule has 0 radical (unpaired) electrons. The Kier molecular flexibility index (Phi) is 4.31. The lowest BCUT2D eigenvalue weighted by molar-refractivity contribution is 0.102. The van der Waals surface area contributed by atoms with Gasteiger partial charge in [0.15, 0.2) is 5.13 Å². The number of thiazole rings is 1. The minimum atomic E-state index is -0.204. The summed E-state index contributed by atoms with van der Waals surface area (Å²) in [5, 5.41) is 5.32. The Balaban J connectivity index is 1.76. The molecule has 0 atom stereocenters. The van der Waals surface area contributed by atoms with Gasteiger partial charge >= 0.3 is 0 Å². The Morgan fingerprint density at radius 2 is 2.05 bits per heavy atom. The number of nitrogens with zero attached hydrogens (tertiary/aromatic N) is 1. The van der Waals surface area contributed by atoms with Gasteiger partial charge in [0, 0.05) is 15.8 Å². The number of anilines is 1. The third kappa shape index (κ3) is 3.08. The van der Waals surface area contributed by atoms with Crippen molar-refractivity contribution in [2.75, 3.05) is 11.6 Å². The number of carbonyl (C=O) groups is 1. The number of thioether (sulfide) groups is 1. The second kappa shape index (κ2) is 6.37. The van der Waals surface area contributed by atoms with Crippen LogP contribution in [0.15, 0.2) is 51.3 Å². The number of hydrogen-bond acceptors (Lipinski definition) is 5. The van der Waals surface area contributed by atoms with Crippen LogP contribution in [0.4, 0.5) is 5.13 Å². The van der Waals surface area contributed by atoms with Crippen LogP contribution in [0.1, 0.15) is 16.1 Å². The summed E-state index contributed by atoms with van der Waals surface area (Å²) in [4.78, 5) is 17.8. The number of aromatic nitrogens is 1. The standard InChI is InChI=1S/C16H14N2O2S2/c1-10-13(7-8-20-10)15(19)18-16-17-14(9-22-16)11-3-5-12(21-2)6-4-11/h3-9H,1-2H3,(H,17,18,19). The molecule has 0 bridgehead atoms. The quantitative estimate of drug-likeness (QED) is 0.705. The molecule has 2 heterocycles. The molecule has 0 aliphatic heterocycles. The summed E-state index contributed by atoms with van der Waals surface area (Å²) >= 11 is 3.11. The zero-order chi connectivity index (χ0) is 15.5. The van der Waals surface area contributed by atoms with Gasteiger partial charge in [0.05, 0.1) is 17.5 Å². The van der Waals surface area contributed by atoms with Crippen molar-refractivity contribution in [3.8, 4) is 11.3 Å². The third-order valence-electron chi connectivity index (χ3n) is 3.21. The number of rotatable bonds is 4. The zero-order valence-electron chi connectivity index (χ0n) is 12.1. The maximum absolute atomic E-state index is 12.1. The molecule has 3 aromatic rings. The van der Waals surface area contributed by atoms with E-state index in [9.17, 15) is 4.79 Å². The van der Waals surface area contributed by atoms with Crippen LogP contribution < -0.4 is 5.32 Å². The normalized spacial score (nSPS) is 10.6. The first kappa shape index (κ1) is 14.9. The van der Waals surface area contributed by atoms with Gasteiger partial charge < -0.3 is 4.42 Å². The van der Waals surface area contributed by atoms with Crippen LogP contribution in [0.2, 0.25) is 0 Å². The SMILES string of the molecule is CSc1ccc(-c2csc(NC(=O)c3ccoc3C)n2)cc1. The molecule has 0 unspecified atom stereocenters. The van der Waals surface area contributed by atoms with Gasteiger partial charge in [-0.15, -0.1) is 23.1 Å².